The van der Waals surface area contributed by atoms with E-state index in [1.807, 2.05) is 41.7 Å². The van der Waals surface area contributed by atoms with E-state index in [-0.39, 0.29) is 9.99 Å². The summed E-state index contributed by atoms with van der Waals surface area (Å²) in [5.74, 6) is 3.16. The normalized spacial score (nSPS) is 16.0. The lowest BCUT2D eigenvalue weighted by Crippen LogP contribution is -2.26. The first-order valence-corrected chi connectivity index (χ1v) is 9.76. The summed E-state index contributed by atoms with van der Waals surface area (Å²) < 4.78 is 5.63. The first-order chi connectivity index (χ1) is 12.1. The number of hydrazone groups is 1. The van der Waals surface area contributed by atoms with Crippen molar-refractivity contribution in [2.24, 2.45) is 5.10 Å². The highest BCUT2D eigenvalue weighted by molar-refractivity contribution is 8.21. The van der Waals surface area contributed by atoms with Gasteiger partial charge in [-0.15, -0.1) is 23.5 Å². The molecule has 5 nitrogen and oxygen atoms in total. The predicted octanol–water partition coefficient (Wildman–Crippen LogP) is 3.85. The number of hydrogen-bond acceptors (Lipinski definition) is 6. The van der Waals surface area contributed by atoms with Crippen molar-refractivity contribution in [1.29, 1.82) is 5.26 Å². The lowest BCUT2D eigenvalue weighted by molar-refractivity contribution is -0.121. The van der Waals surface area contributed by atoms with Gasteiger partial charge in [0.15, 0.2) is 0 Å². The number of nitrogens with zero attached hydrogens (tertiary/aromatic N) is 2. The Labute approximate surface area is 154 Å². The number of carbonyl (C=O) groups is 1. The highest BCUT2D eigenvalue weighted by Crippen LogP contribution is 2.45. The van der Waals surface area contributed by atoms with E-state index in [0.717, 1.165) is 17.1 Å². The Morgan fingerprint density at radius 2 is 2.12 bits per heavy atom. The topological polar surface area (TPSA) is 78.4 Å². The number of hydrogen-bond donors (Lipinski definition) is 1. The highest BCUT2D eigenvalue weighted by Gasteiger charge is 2.32. The summed E-state index contributed by atoms with van der Waals surface area (Å²) in [7, 11) is 0. The second kappa shape index (κ2) is 7.81. The van der Waals surface area contributed by atoms with E-state index in [2.05, 4.69) is 23.5 Å². The monoisotopic (exact) mass is 371 g/mol. The minimum absolute atomic E-state index is 0.0571. The molecule has 1 N–H and O–H groups in total. The minimum atomic E-state index is -0.109. The van der Waals surface area contributed by atoms with Gasteiger partial charge in [0.1, 0.15) is 11.5 Å². The summed E-state index contributed by atoms with van der Waals surface area (Å²) in [5, 5.41) is 13.1. The maximum atomic E-state index is 12.0. The molecular formula is C18H17N3O2S2. The Kier molecular flexibility index (Phi) is 5.51. The Balaban J connectivity index is 1.60. The van der Waals surface area contributed by atoms with E-state index in [1.165, 1.54) is 6.21 Å². The van der Waals surface area contributed by atoms with Gasteiger partial charge in [-0.3, -0.25) is 4.79 Å². The predicted molar refractivity (Wildman–Crippen MR) is 103 cm³/mol. The number of amides is 1. The number of rotatable bonds is 5. The minimum Gasteiger partial charge on any atom is -0.455 e. The number of thioether (sulfide) groups is 2. The summed E-state index contributed by atoms with van der Waals surface area (Å²) >= 11 is 3.63. The van der Waals surface area contributed by atoms with Gasteiger partial charge in [0.25, 0.3) is 0 Å². The van der Waals surface area contributed by atoms with Crippen LogP contribution in [0.1, 0.15) is 24.7 Å². The van der Waals surface area contributed by atoms with Crippen LogP contribution in [0.15, 0.2) is 45.9 Å². The number of nitriles is 1. The second-order valence-corrected chi connectivity index (χ2v) is 9.11. The van der Waals surface area contributed by atoms with Gasteiger partial charge in [-0.2, -0.15) is 10.4 Å². The van der Waals surface area contributed by atoms with Crippen LogP contribution in [-0.2, 0) is 4.79 Å². The number of benzene rings is 1. The molecule has 1 saturated heterocycles. The molecule has 0 atom stereocenters. The zero-order valence-corrected chi connectivity index (χ0v) is 15.3. The molecule has 0 aliphatic carbocycles. The van der Waals surface area contributed by atoms with Gasteiger partial charge in [-0.1, -0.05) is 12.1 Å². The average Bonchev–Trinajstić information content (AvgIpc) is 3.24. The second-order valence-electron chi connectivity index (χ2n) is 5.66. The molecule has 7 heteroatoms. The molecule has 1 fully saturated rings. The van der Waals surface area contributed by atoms with Gasteiger partial charge >= 0.3 is 0 Å². The molecule has 128 valence electrons. The summed E-state index contributed by atoms with van der Waals surface area (Å²) in [6.45, 7) is 2.09. The molecule has 1 aromatic heterocycles. The lowest BCUT2D eigenvalue weighted by atomic mass is 10.1. The van der Waals surface area contributed by atoms with Crippen molar-refractivity contribution in [3.05, 3.63) is 47.7 Å². The molecule has 1 amide bonds. The summed E-state index contributed by atoms with van der Waals surface area (Å²) in [5.41, 5.74) is 3.83. The molecule has 2 aromatic rings. The molecule has 0 saturated carbocycles. The molecule has 1 aliphatic rings. The summed E-state index contributed by atoms with van der Waals surface area (Å²) in [6, 6.07) is 12.9. The largest absolute Gasteiger partial charge is 0.455 e. The van der Waals surface area contributed by atoms with Crippen molar-refractivity contribution in [3.63, 3.8) is 0 Å². The molecule has 2 heterocycles. The Morgan fingerprint density at radius 3 is 2.88 bits per heavy atom. The molecule has 1 aliphatic heterocycles. The molecule has 0 unspecified atom stereocenters. The van der Waals surface area contributed by atoms with E-state index in [9.17, 15) is 4.79 Å². The van der Waals surface area contributed by atoms with Crippen LogP contribution < -0.4 is 5.43 Å². The van der Waals surface area contributed by atoms with Crippen molar-refractivity contribution in [1.82, 2.24) is 5.43 Å². The van der Waals surface area contributed by atoms with Crippen LogP contribution in [0.5, 0.6) is 0 Å². The van der Waals surface area contributed by atoms with Crippen molar-refractivity contribution < 1.29 is 9.21 Å². The SMILES string of the molecule is CC1(CC(=O)N/N=C\c2ccc(-c3ccccc3C#N)o2)SCCS1. The first-order valence-electron chi connectivity index (χ1n) is 7.79. The third kappa shape index (κ3) is 4.47. The Morgan fingerprint density at radius 1 is 1.36 bits per heavy atom. The lowest BCUT2D eigenvalue weighted by Gasteiger charge is -2.19. The number of carbonyl (C=O) groups excluding carboxylic acids is 1. The molecular weight excluding hydrogens is 354 g/mol. The van der Waals surface area contributed by atoms with Crippen LogP contribution in [0.2, 0.25) is 0 Å². The maximum absolute atomic E-state index is 12.0. The fourth-order valence-corrected chi connectivity index (χ4v) is 5.35. The molecule has 1 aromatic carbocycles. The standard InChI is InChI=1S/C18H17N3O2S2/c1-18(24-8-9-25-18)10-17(22)21-20-12-14-6-7-16(23-14)15-5-3-2-4-13(15)11-19/h2-7,12H,8-10H2,1H3,(H,21,22)/b20-12-. The van der Waals surface area contributed by atoms with E-state index in [4.69, 9.17) is 9.68 Å². The molecule has 0 bridgehead atoms. The van der Waals surface area contributed by atoms with Gasteiger partial charge in [-0.05, 0) is 31.2 Å². The van der Waals surface area contributed by atoms with Crippen LogP contribution in [0, 0.1) is 11.3 Å². The van der Waals surface area contributed by atoms with Crippen LogP contribution in [0.25, 0.3) is 11.3 Å². The number of nitrogens with one attached hydrogen (secondary N) is 1. The van der Waals surface area contributed by atoms with Crippen molar-refractivity contribution >= 4 is 35.6 Å². The van der Waals surface area contributed by atoms with Crippen molar-refractivity contribution in [3.8, 4) is 17.4 Å². The van der Waals surface area contributed by atoms with Gasteiger partial charge < -0.3 is 4.42 Å². The smallest absolute Gasteiger partial charge is 0.242 e. The van der Waals surface area contributed by atoms with Crippen LogP contribution in [-0.4, -0.2) is 27.7 Å². The Hall–Kier alpha value is -2.17. The molecule has 3 rings (SSSR count). The molecule has 0 spiro atoms. The van der Waals surface area contributed by atoms with Gasteiger partial charge in [-0.25, -0.2) is 5.43 Å². The summed E-state index contributed by atoms with van der Waals surface area (Å²) in [4.78, 5) is 12.0. The number of furan rings is 1. The van der Waals surface area contributed by atoms with Gasteiger partial charge in [0, 0.05) is 17.1 Å². The molecule has 0 radical (unpaired) electrons. The van der Waals surface area contributed by atoms with Crippen molar-refractivity contribution in [2.45, 2.75) is 17.4 Å². The fraction of sp³-hybridized carbons (Fsp3) is 0.278. The van der Waals surface area contributed by atoms with E-state index in [1.54, 1.807) is 18.2 Å². The van der Waals surface area contributed by atoms with Gasteiger partial charge in [0.05, 0.1) is 28.3 Å². The zero-order chi connectivity index (χ0) is 17.7. The van der Waals surface area contributed by atoms with E-state index < -0.39 is 0 Å². The van der Waals surface area contributed by atoms with Gasteiger partial charge in [0.2, 0.25) is 5.91 Å². The third-order valence-electron chi connectivity index (χ3n) is 3.70. The third-order valence-corrected chi connectivity index (χ3v) is 6.99. The fourth-order valence-electron chi connectivity index (χ4n) is 2.52. The van der Waals surface area contributed by atoms with Crippen molar-refractivity contribution in [2.75, 3.05) is 11.5 Å². The maximum Gasteiger partial charge on any atom is 0.242 e. The first kappa shape index (κ1) is 17.6. The zero-order valence-electron chi connectivity index (χ0n) is 13.7. The average molecular weight is 371 g/mol. The van der Waals surface area contributed by atoms with Crippen LogP contribution in [0.3, 0.4) is 0 Å². The summed E-state index contributed by atoms with van der Waals surface area (Å²) in [6.07, 6.45) is 1.90. The molecule has 25 heavy (non-hydrogen) atoms. The Bertz CT molecular complexity index is 833. The van der Waals surface area contributed by atoms with E-state index in [0.29, 0.717) is 23.5 Å². The quantitative estimate of drug-likeness (QED) is 0.638. The van der Waals surface area contributed by atoms with Crippen LogP contribution >= 0.6 is 23.5 Å². The van der Waals surface area contributed by atoms with Crippen LogP contribution in [0.4, 0.5) is 0 Å². The van der Waals surface area contributed by atoms with E-state index >= 15 is 0 Å². The highest BCUT2D eigenvalue weighted by atomic mass is 32.2.